The van der Waals surface area contributed by atoms with Gasteiger partial charge in [0.25, 0.3) is 0 Å². The molecule has 0 fully saturated rings. The molecule has 0 saturated heterocycles. The molecule has 132 valence electrons. The van der Waals surface area contributed by atoms with Crippen molar-refractivity contribution in [3.05, 3.63) is 77.6 Å². The number of rotatable bonds is 5. The van der Waals surface area contributed by atoms with Crippen LogP contribution < -0.4 is 11.5 Å². The third-order valence-electron chi connectivity index (χ3n) is 3.36. The van der Waals surface area contributed by atoms with Crippen LogP contribution in [0.15, 0.2) is 58.4 Å². The first-order valence-corrected chi connectivity index (χ1v) is 7.48. The lowest BCUT2D eigenvalue weighted by Gasteiger charge is -2.04. The maximum absolute atomic E-state index is 13.8. The average molecular weight is 356 g/mol. The van der Waals surface area contributed by atoms with Crippen LogP contribution in [0.25, 0.3) is 5.70 Å². The number of halogens is 2. The van der Waals surface area contributed by atoms with Gasteiger partial charge in [0.15, 0.2) is 5.82 Å². The Morgan fingerprint density at radius 2 is 2.08 bits per heavy atom. The summed E-state index contributed by atoms with van der Waals surface area (Å²) in [5.74, 6) is -0.868. The van der Waals surface area contributed by atoms with Gasteiger partial charge >= 0.3 is 0 Å². The molecule has 0 aliphatic rings. The standard InChI is InChI=1S/C17H14F2N6O/c18-11-2-1-10(12(19)7-11)9-23-15(14-4-6-26-25-14)8-13(20)17-22-5-3-16(21)24-17/h1-8H,9,20H2,(H2,21,22,24)/b13-8-,23-15?. The quantitative estimate of drug-likeness (QED) is 0.678. The molecule has 0 radical (unpaired) electrons. The Labute approximate surface area is 147 Å². The van der Waals surface area contributed by atoms with E-state index in [4.69, 9.17) is 16.0 Å². The van der Waals surface area contributed by atoms with E-state index in [1.54, 1.807) is 6.07 Å². The Bertz CT molecular complexity index is 969. The van der Waals surface area contributed by atoms with Gasteiger partial charge in [-0.3, -0.25) is 4.99 Å². The highest BCUT2D eigenvalue weighted by molar-refractivity contribution is 6.10. The number of anilines is 1. The largest absolute Gasteiger partial charge is 0.396 e. The summed E-state index contributed by atoms with van der Waals surface area (Å²) in [7, 11) is 0. The van der Waals surface area contributed by atoms with Gasteiger partial charge in [-0.1, -0.05) is 11.2 Å². The zero-order chi connectivity index (χ0) is 18.5. The van der Waals surface area contributed by atoms with Crippen LogP contribution in [0.3, 0.4) is 0 Å². The molecule has 0 saturated carbocycles. The zero-order valence-corrected chi connectivity index (χ0v) is 13.4. The van der Waals surface area contributed by atoms with E-state index in [0.717, 1.165) is 12.1 Å². The van der Waals surface area contributed by atoms with Crippen LogP contribution in [-0.2, 0) is 6.54 Å². The number of nitrogens with zero attached hydrogens (tertiary/aromatic N) is 4. The highest BCUT2D eigenvalue weighted by atomic mass is 19.1. The molecule has 4 N–H and O–H groups in total. The van der Waals surface area contributed by atoms with Crippen molar-refractivity contribution in [2.45, 2.75) is 6.54 Å². The summed E-state index contributed by atoms with van der Waals surface area (Å²) in [6, 6.07) is 6.38. The van der Waals surface area contributed by atoms with Gasteiger partial charge in [0.05, 0.1) is 18.0 Å². The highest BCUT2D eigenvalue weighted by Crippen LogP contribution is 2.13. The molecule has 0 spiro atoms. The summed E-state index contributed by atoms with van der Waals surface area (Å²) in [6.45, 7) is -0.0458. The second kappa shape index (κ2) is 7.51. The third-order valence-corrected chi connectivity index (χ3v) is 3.36. The van der Waals surface area contributed by atoms with Crippen LogP contribution >= 0.6 is 0 Å². The van der Waals surface area contributed by atoms with Crippen LogP contribution in [-0.4, -0.2) is 20.8 Å². The maximum Gasteiger partial charge on any atom is 0.177 e. The van der Waals surface area contributed by atoms with Gasteiger partial charge in [-0.2, -0.15) is 0 Å². The monoisotopic (exact) mass is 356 g/mol. The summed E-state index contributed by atoms with van der Waals surface area (Å²) in [6.07, 6.45) is 4.32. The van der Waals surface area contributed by atoms with Crippen molar-refractivity contribution in [1.82, 2.24) is 15.1 Å². The van der Waals surface area contributed by atoms with E-state index in [2.05, 4.69) is 20.1 Å². The molecule has 7 nitrogen and oxygen atoms in total. The number of nitrogen functional groups attached to an aromatic ring is 1. The minimum atomic E-state index is -0.690. The van der Waals surface area contributed by atoms with Crippen LogP contribution in [0.1, 0.15) is 17.1 Å². The Hall–Kier alpha value is -3.62. The van der Waals surface area contributed by atoms with Crippen molar-refractivity contribution in [2.75, 3.05) is 5.73 Å². The van der Waals surface area contributed by atoms with Crippen molar-refractivity contribution in [3.63, 3.8) is 0 Å². The number of nitrogens with two attached hydrogens (primary N) is 2. The molecule has 1 aromatic carbocycles. The van der Waals surface area contributed by atoms with E-state index < -0.39 is 11.6 Å². The molecule has 2 aromatic heterocycles. The van der Waals surface area contributed by atoms with Crippen molar-refractivity contribution < 1.29 is 13.3 Å². The number of aromatic nitrogens is 3. The number of hydrogen-bond donors (Lipinski definition) is 2. The lowest BCUT2D eigenvalue weighted by atomic mass is 10.2. The van der Waals surface area contributed by atoms with Gasteiger partial charge in [0, 0.05) is 23.9 Å². The predicted octanol–water partition coefficient (Wildman–Crippen LogP) is 2.31. The fourth-order valence-corrected chi connectivity index (χ4v) is 2.09. The van der Waals surface area contributed by atoms with E-state index in [9.17, 15) is 8.78 Å². The number of allylic oxidation sites excluding steroid dienone is 1. The van der Waals surface area contributed by atoms with Crippen LogP contribution in [0.5, 0.6) is 0 Å². The third kappa shape index (κ3) is 4.07. The maximum atomic E-state index is 13.8. The fourth-order valence-electron chi connectivity index (χ4n) is 2.09. The number of aliphatic imine (C=N–C) groups is 1. The van der Waals surface area contributed by atoms with Crippen LogP contribution in [0.2, 0.25) is 0 Å². The molecule has 0 aliphatic heterocycles. The van der Waals surface area contributed by atoms with Crippen molar-refractivity contribution in [3.8, 4) is 0 Å². The topological polar surface area (TPSA) is 116 Å². The molecule has 0 bridgehead atoms. The highest BCUT2D eigenvalue weighted by Gasteiger charge is 2.10. The molecule has 2 heterocycles. The van der Waals surface area contributed by atoms with Crippen molar-refractivity contribution in [1.29, 1.82) is 0 Å². The molecule has 3 aromatic rings. The minimum Gasteiger partial charge on any atom is -0.396 e. The first-order chi connectivity index (χ1) is 12.5. The molecule has 26 heavy (non-hydrogen) atoms. The first kappa shape index (κ1) is 17.2. The number of hydrogen-bond acceptors (Lipinski definition) is 7. The first-order valence-electron chi connectivity index (χ1n) is 7.48. The van der Waals surface area contributed by atoms with E-state index in [1.807, 2.05) is 0 Å². The van der Waals surface area contributed by atoms with Crippen LogP contribution in [0.4, 0.5) is 14.6 Å². The summed E-state index contributed by atoms with van der Waals surface area (Å²) >= 11 is 0. The summed E-state index contributed by atoms with van der Waals surface area (Å²) in [5.41, 5.74) is 12.8. The van der Waals surface area contributed by atoms with Crippen LogP contribution in [0, 0.1) is 11.6 Å². The molecular formula is C17H14F2N6O. The van der Waals surface area contributed by atoms with E-state index in [1.165, 1.54) is 30.7 Å². The van der Waals surface area contributed by atoms with E-state index in [0.29, 0.717) is 11.4 Å². The lowest BCUT2D eigenvalue weighted by molar-refractivity contribution is 0.418. The van der Waals surface area contributed by atoms with Gasteiger partial charge in [0.2, 0.25) is 0 Å². The zero-order valence-electron chi connectivity index (χ0n) is 13.4. The second-order valence-electron chi connectivity index (χ2n) is 5.23. The van der Waals surface area contributed by atoms with Gasteiger partial charge < -0.3 is 16.0 Å². The Balaban J connectivity index is 1.94. The van der Waals surface area contributed by atoms with E-state index in [-0.39, 0.29) is 29.4 Å². The molecule has 9 heteroatoms. The fraction of sp³-hybridized carbons (Fsp3) is 0.0588. The molecule has 0 aliphatic carbocycles. The van der Waals surface area contributed by atoms with E-state index >= 15 is 0 Å². The van der Waals surface area contributed by atoms with Gasteiger partial charge in [-0.15, -0.1) is 0 Å². The average Bonchev–Trinajstić information content (AvgIpc) is 3.14. The summed E-state index contributed by atoms with van der Waals surface area (Å²) in [5, 5.41) is 3.80. The van der Waals surface area contributed by atoms with Crippen molar-refractivity contribution >= 4 is 17.2 Å². The molecule has 0 unspecified atom stereocenters. The van der Waals surface area contributed by atoms with Gasteiger partial charge in [-0.25, -0.2) is 18.7 Å². The molecular weight excluding hydrogens is 342 g/mol. The molecule has 0 atom stereocenters. The lowest BCUT2D eigenvalue weighted by Crippen LogP contribution is -2.08. The summed E-state index contributed by atoms with van der Waals surface area (Å²) in [4.78, 5) is 12.4. The van der Waals surface area contributed by atoms with Gasteiger partial charge in [-0.05, 0) is 18.2 Å². The minimum absolute atomic E-state index is 0.0458. The smallest absolute Gasteiger partial charge is 0.177 e. The Morgan fingerprint density at radius 3 is 2.77 bits per heavy atom. The molecule has 0 amide bonds. The Kier molecular flexibility index (Phi) is 4.97. The number of benzene rings is 1. The summed E-state index contributed by atoms with van der Waals surface area (Å²) < 4.78 is 31.6. The molecule has 3 rings (SSSR count). The second-order valence-corrected chi connectivity index (χ2v) is 5.23. The Morgan fingerprint density at radius 1 is 1.23 bits per heavy atom. The van der Waals surface area contributed by atoms with Crippen molar-refractivity contribution in [2.24, 2.45) is 10.7 Å². The normalized spacial score (nSPS) is 12.4. The predicted molar refractivity (Wildman–Crippen MR) is 91.7 cm³/mol. The SMILES string of the molecule is N/C(=C\C(=NCc1ccc(F)cc1F)c1ccon1)c1nccc(N)n1. The van der Waals surface area contributed by atoms with Gasteiger partial charge in [0.1, 0.15) is 29.4 Å².